The first-order valence-electron chi connectivity index (χ1n) is 11.3. The van der Waals surface area contributed by atoms with E-state index in [0.29, 0.717) is 13.0 Å². The molecule has 0 atom stereocenters. The van der Waals surface area contributed by atoms with E-state index in [4.69, 9.17) is 4.74 Å². The van der Waals surface area contributed by atoms with E-state index >= 15 is 0 Å². The third-order valence-corrected chi connectivity index (χ3v) is 6.69. The number of amides is 1. The molecule has 7 nitrogen and oxygen atoms in total. The lowest BCUT2D eigenvalue weighted by atomic mass is 10.0. The number of hydrogen-bond donors (Lipinski definition) is 2. The number of aryl methyl sites for hydroxylation is 1. The minimum atomic E-state index is 0.109. The van der Waals surface area contributed by atoms with Gasteiger partial charge in [-0.2, -0.15) is 0 Å². The quantitative estimate of drug-likeness (QED) is 0.456. The number of morpholine rings is 1. The minimum absolute atomic E-state index is 0.109. The zero-order valence-corrected chi connectivity index (χ0v) is 19.4. The first-order valence-corrected chi connectivity index (χ1v) is 12.1. The van der Waals surface area contributed by atoms with Gasteiger partial charge in [0.05, 0.1) is 18.6 Å². The summed E-state index contributed by atoms with van der Waals surface area (Å²) < 4.78 is 5.36. The van der Waals surface area contributed by atoms with E-state index in [1.807, 2.05) is 6.07 Å². The Kier molecular flexibility index (Phi) is 8.03. The predicted octanol–water partition coefficient (Wildman–Crippen LogP) is 3.70. The number of carbonyl (C=O) groups is 1. The monoisotopic (exact) mass is 453 g/mol. The van der Waals surface area contributed by atoms with E-state index in [0.717, 1.165) is 68.3 Å². The minimum Gasteiger partial charge on any atom is -0.379 e. The van der Waals surface area contributed by atoms with E-state index in [9.17, 15) is 4.79 Å². The Morgan fingerprint density at radius 1 is 1.12 bits per heavy atom. The highest BCUT2D eigenvalue weighted by atomic mass is 32.1. The lowest BCUT2D eigenvalue weighted by molar-refractivity contribution is -0.121. The van der Waals surface area contributed by atoms with Crippen molar-refractivity contribution >= 4 is 33.3 Å². The summed E-state index contributed by atoms with van der Waals surface area (Å²) in [5.41, 5.74) is 2.36. The number of fused-ring (bicyclic) bond motifs is 1. The Morgan fingerprint density at radius 2 is 1.94 bits per heavy atom. The zero-order chi connectivity index (χ0) is 22.2. The fraction of sp³-hybridized carbons (Fsp3) is 0.458. The molecule has 32 heavy (non-hydrogen) atoms. The Bertz CT molecular complexity index is 1020. The summed E-state index contributed by atoms with van der Waals surface area (Å²) in [7, 11) is 0. The molecule has 0 aliphatic carbocycles. The summed E-state index contributed by atoms with van der Waals surface area (Å²) in [5, 5.41) is 7.53. The molecule has 1 aromatic carbocycles. The molecular formula is C24H31N5O2S. The summed E-state index contributed by atoms with van der Waals surface area (Å²) in [4.78, 5) is 25.7. The van der Waals surface area contributed by atoms with Gasteiger partial charge in [0.2, 0.25) is 5.91 Å². The van der Waals surface area contributed by atoms with Crippen molar-refractivity contribution in [2.24, 2.45) is 0 Å². The standard InChI is InChI=1S/C24H31N5O2S/c1-18-21(19-7-3-2-4-8-19)22-23(27-17-28-24(22)32-18)26-10-5-9-20(30)25-11-6-12-29-13-15-31-16-14-29/h2-4,7-8,17H,5-6,9-16H2,1H3,(H,25,30)(H,26,27,28). The normalized spacial score (nSPS) is 14.5. The van der Waals surface area contributed by atoms with Crippen LogP contribution >= 0.6 is 11.3 Å². The van der Waals surface area contributed by atoms with Crippen LogP contribution in [0.25, 0.3) is 21.3 Å². The summed E-state index contributed by atoms with van der Waals surface area (Å²) >= 11 is 1.69. The molecule has 8 heteroatoms. The van der Waals surface area contributed by atoms with Crippen LogP contribution in [0.5, 0.6) is 0 Å². The van der Waals surface area contributed by atoms with Crippen molar-refractivity contribution in [3.63, 3.8) is 0 Å². The smallest absolute Gasteiger partial charge is 0.220 e. The number of rotatable bonds is 10. The Labute approximate surface area is 193 Å². The van der Waals surface area contributed by atoms with Crippen molar-refractivity contribution in [3.8, 4) is 11.1 Å². The van der Waals surface area contributed by atoms with Crippen LogP contribution in [0.1, 0.15) is 24.1 Å². The number of nitrogens with one attached hydrogen (secondary N) is 2. The summed E-state index contributed by atoms with van der Waals surface area (Å²) in [5.74, 6) is 0.946. The van der Waals surface area contributed by atoms with Gasteiger partial charge in [-0.1, -0.05) is 30.3 Å². The van der Waals surface area contributed by atoms with Crippen LogP contribution in [0.4, 0.5) is 5.82 Å². The maximum atomic E-state index is 12.2. The second-order valence-electron chi connectivity index (χ2n) is 7.99. The average Bonchev–Trinajstić information content (AvgIpc) is 3.17. The average molecular weight is 454 g/mol. The molecule has 3 heterocycles. The molecule has 0 radical (unpaired) electrons. The van der Waals surface area contributed by atoms with Gasteiger partial charge in [0.25, 0.3) is 0 Å². The summed E-state index contributed by atoms with van der Waals surface area (Å²) in [6, 6.07) is 10.4. The second-order valence-corrected chi connectivity index (χ2v) is 9.19. The van der Waals surface area contributed by atoms with E-state index < -0.39 is 0 Å². The Hall–Kier alpha value is -2.55. The van der Waals surface area contributed by atoms with Crippen LogP contribution in [-0.4, -0.2) is 66.7 Å². The molecule has 2 aromatic heterocycles. The molecule has 170 valence electrons. The van der Waals surface area contributed by atoms with Crippen molar-refractivity contribution in [2.45, 2.75) is 26.2 Å². The molecule has 4 rings (SSSR count). The molecule has 0 saturated carbocycles. The topological polar surface area (TPSA) is 79.4 Å². The van der Waals surface area contributed by atoms with Crippen LogP contribution in [0.15, 0.2) is 36.7 Å². The molecule has 0 spiro atoms. The van der Waals surface area contributed by atoms with Gasteiger partial charge in [-0.15, -0.1) is 11.3 Å². The van der Waals surface area contributed by atoms with Gasteiger partial charge in [0, 0.05) is 43.0 Å². The van der Waals surface area contributed by atoms with E-state index in [1.165, 1.54) is 16.0 Å². The van der Waals surface area contributed by atoms with Gasteiger partial charge in [-0.05, 0) is 31.9 Å². The van der Waals surface area contributed by atoms with Crippen molar-refractivity contribution in [3.05, 3.63) is 41.5 Å². The van der Waals surface area contributed by atoms with Crippen LogP contribution in [0.2, 0.25) is 0 Å². The number of ether oxygens (including phenoxy) is 1. The third-order valence-electron chi connectivity index (χ3n) is 5.68. The fourth-order valence-electron chi connectivity index (χ4n) is 4.03. The summed E-state index contributed by atoms with van der Waals surface area (Å²) in [6.07, 6.45) is 3.84. The first kappa shape index (κ1) is 22.6. The molecule has 1 aliphatic heterocycles. The summed E-state index contributed by atoms with van der Waals surface area (Å²) in [6.45, 7) is 8.17. The highest BCUT2D eigenvalue weighted by Gasteiger charge is 2.16. The van der Waals surface area contributed by atoms with Crippen LogP contribution in [-0.2, 0) is 9.53 Å². The van der Waals surface area contributed by atoms with Crippen molar-refractivity contribution in [2.75, 3.05) is 51.3 Å². The van der Waals surface area contributed by atoms with E-state index in [1.54, 1.807) is 17.7 Å². The maximum Gasteiger partial charge on any atom is 0.220 e. The Morgan fingerprint density at radius 3 is 2.75 bits per heavy atom. The maximum absolute atomic E-state index is 12.2. The van der Waals surface area contributed by atoms with Gasteiger partial charge < -0.3 is 15.4 Å². The van der Waals surface area contributed by atoms with E-state index in [2.05, 4.69) is 56.7 Å². The SMILES string of the molecule is Cc1sc2ncnc(NCCCC(=O)NCCCN3CCOCC3)c2c1-c1ccccc1. The van der Waals surface area contributed by atoms with Crippen LogP contribution < -0.4 is 10.6 Å². The van der Waals surface area contributed by atoms with Crippen molar-refractivity contribution in [1.29, 1.82) is 0 Å². The molecule has 3 aromatic rings. The molecule has 1 amide bonds. The molecule has 0 unspecified atom stereocenters. The van der Waals surface area contributed by atoms with E-state index in [-0.39, 0.29) is 5.91 Å². The van der Waals surface area contributed by atoms with Crippen molar-refractivity contribution in [1.82, 2.24) is 20.2 Å². The highest BCUT2D eigenvalue weighted by Crippen LogP contribution is 2.40. The molecule has 2 N–H and O–H groups in total. The number of nitrogens with zero attached hydrogens (tertiary/aromatic N) is 3. The van der Waals surface area contributed by atoms with Crippen molar-refractivity contribution < 1.29 is 9.53 Å². The number of benzene rings is 1. The largest absolute Gasteiger partial charge is 0.379 e. The molecule has 1 aliphatic rings. The molecule has 0 bridgehead atoms. The molecule has 1 saturated heterocycles. The van der Waals surface area contributed by atoms with Gasteiger partial charge in [0.1, 0.15) is 17.0 Å². The number of thiophene rings is 1. The van der Waals surface area contributed by atoms with Gasteiger partial charge in [-0.3, -0.25) is 9.69 Å². The van der Waals surface area contributed by atoms with Crippen LogP contribution in [0.3, 0.4) is 0 Å². The fourth-order valence-corrected chi connectivity index (χ4v) is 5.04. The zero-order valence-electron chi connectivity index (χ0n) is 18.6. The lowest BCUT2D eigenvalue weighted by Gasteiger charge is -2.26. The number of carbonyl (C=O) groups excluding carboxylic acids is 1. The highest BCUT2D eigenvalue weighted by molar-refractivity contribution is 7.19. The number of hydrogen-bond acceptors (Lipinski definition) is 7. The van der Waals surface area contributed by atoms with Gasteiger partial charge in [-0.25, -0.2) is 9.97 Å². The van der Waals surface area contributed by atoms with Gasteiger partial charge >= 0.3 is 0 Å². The molecule has 1 fully saturated rings. The predicted molar refractivity (Wildman–Crippen MR) is 130 cm³/mol. The van der Waals surface area contributed by atoms with Gasteiger partial charge in [0.15, 0.2) is 0 Å². The second kappa shape index (κ2) is 11.4. The Balaban J connectivity index is 1.25. The third kappa shape index (κ3) is 5.82. The number of anilines is 1. The lowest BCUT2D eigenvalue weighted by Crippen LogP contribution is -2.38. The van der Waals surface area contributed by atoms with Crippen LogP contribution in [0, 0.1) is 6.92 Å². The number of aromatic nitrogens is 2. The first-order chi connectivity index (χ1) is 15.7. The molecular weight excluding hydrogens is 422 g/mol.